The Kier molecular flexibility index (Phi) is 5.42. The number of rotatable bonds is 7. The summed E-state index contributed by atoms with van der Waals surface area (Å²) in [7, 11) is -4.50. The maximum Gasteiger partial charge on any atom is 0.333 e. The van der Waals surface area contributed by atoms with E-state index in [0.29, 0.717) is 0 Å². The molecular weight excluding hydrogens is 390 g/mol. The molecule has 0 saturated heterocycles. The van der Waals surface area contributed by atoms with Crippen molar-refractivity contribution in [2.24, 2.45) is 0 Å². The lowest BCUT2D eigenvalue weighted by molar-refractivity contribution is -0.145. The number of anilines is 1. The highest BCUT2D eigenvalue weighted by molar-refractivity contribution is 7.86. The van der Waals surface area contributed by atoms with Crippen LogP contribution in [0.3, 0.4) is 0 Å². The molecule has 3 aromatic rings. The highest BCUT2D eigenvalue weighted by Crippen LogP contribution is 2.18. The van der Waals surface area contributed by atoms with Gasteiger partial charge in [0.15, 0.2) is 18.1 Å². The normalized spacial score (nSPS) is 11.6. The molecule has 0 bridgehead atoms. The number of imidazole rings is 1. The summed E-state index contributed by atoms with van der Waals surface area (Å²) < 4.78 is 35.1. The van der Waals surface area contributed by atoms with Crippen LogP contribution < -0.4 is 11.4 Å². The molecule has 28 heavy (non-hydrogen) atoms. The smallest absolute Gasteiger partial charge is 0.333 e. The van der Waals surface area contributed by atoms with Gasteiger partial charge in [0.2, 0.25) is 0 Å². The van der Waals surface area contributed by atoms with Gasteiger partial charge in [-0.1, -0.05) is 30.3 Å². The number of nitrogens with two attached hydrogens (primary N) is 1. The van der Waals surface area contributed by atoms with Gasteiger partial charge in [-0.3, -0.25) is 8.75 Å². The van der Waals surface area contributed by atoms with Crippen molar-refractivity contribution in [3.8, 4) is 0 Å². The summed E-state index contributed by atoms with van der Waals surface area (Å²) in [6, 6.07) is 9.04. The van der Waals surface area contributed by atoms with Crippen molar-refractivity contribution in [1.29, 1.82) is 0 Å². The number of fused-ring (bicyclic) bond motifs is 1. The van der Waals surface area contributed by atoms with E-state index >= 15 is 0 Å². The highest BCUT2D eigenvalue weighted by atomic mass is 32.2. The third kappa shape index (κ3) is 4.02. The van der Waals surface area contributed by atoms with Gasteiger partial charge in [0.25, 0.3) is 5.16 Å². The fourth-order valence-corrected chi connectivity index (χ4v) is 3.20. The molecular formula is C16H17N5O6S. The Morgan fingerprint density at radius 3 is 2.64 bits per heavy atom. The Morgan fingerprint density at radius 1 is 1.25 bits per heavy atom. The zero-order valence-electron chi connectivity index (χ0n) is 14.8. The zero-order chi connectivity index (χ0) is 20.3. The number of hydrogen-bond donors (Lipinski definition) is 2. The topological polar surface area (TPSA) is 159 Å². The van der Waals surface area contributed by atoms with Crippen molar-refractivity contribution >= 4 is 33.1 Å². The number of carbonyl (C=O) groups is 1. The fourth-order valence-electron chi connectivity index (χ4n) is 2.44. The second kappa shape index (κ2) is 7.78. The van der Waals surface area contributed by atoms with E-state index in [1.807, 2.05) is 6.07 Å². The number of nitrogen functional groups attached to an aromatic ring is 1. The number of hydrogen-bond acceptors (Lipinski definition) is 9. The molecule has 0 atom stereocenters. The van der Waals surface area contributed by atoms with Crippen LogP contribution in [0.1, 0.15) is 12.5 Å². The van der Waals surface area contributed by atoms with E-state index < -0.39 is 33.5 Å². The number of nitrogens with zero attached hydrogens (tertiary/aromatic N) is 3. The largest absolute Gasteiger partial charge is 0.464 e. The van der Waals surface area contributed by atoms with Gasteiger partial charge in [-0.05, 0) is 12.5 Å². The Labute approximate surface area is 159 Å². The van der Waals surface area contributed by atoms with Gasteiger partial charge in [-0.25, -0.2) is 9.59 Å². The minimum Gasteiger partial charge on any atom is -0.464 e. The van der Waals surface area contributed by atoms with Crippen LogP contribution in [0.25, 0.3) is 11.2 Å². The van der Waals surface area contributed by atoms with Crippen molar-refractivity contribution in [2.45, 2.75) is 18.6 Å². The first-order valence-electron chi connectivity index (χ1n) is 8.17. The molecule has 0 saturated carbocycles. The Bertz CT molecular complexity index is 1170. The highest BCUT2D eigenvalue weighted by Gasteiger charge is 2.25. The quantitative estimate of drug-likeness (QED) is 0.312. The fraction of sp³-hybridized carbons (Fsp3) is 0.250. The van der Waals surface area contributed by atoms with Crippen LogP contribution in [-0.2, 0) is 30.4 Å². The van der Waals surface area contributed by atoms with Gasteiger partial charge in [0.1, 0.15) is 5.52 Å². The number of benzene rings is 1. The number of aromatic amines is 1. The summed E-state index contributed by atoms with van der Waals surface area (Å²) in [5.74, 6) is -1.10. The summed E-state index contributed by atoms with van der Waals surface area (Å²) in [6.07, 6.45) is 0. The molecule has 148 valence electrons. The van der Waals surface area contributed by atoms with Crippen LogP contribution in [-0.4, -0.2) is 47.1 Å². The molecule has 0 radical (unpaired) electrons. The number of H-pyrrole nitrogens is 1. The third-order valence-corrected chi connectivity index (χ3v) is 4.73. The predicted octanol–water partition coefficient (Wildman–Crippen LogP) is 0.0185. The van der Waals surface area contributed by atoms with Crippen LogP contribution in [0.5, 0.6) is 0 Å². The monoisotopic (exact) mass is 407 g/mol. The maximum absolute atomic E-state index is 12.3. The van der Waals surface area contributed by atoms with Crippen molar-refractivity contribution in [2.75, 3.05) is 18.9 Å². The van der Waals surface area contributed by atoms with E-state index in [-0.39, 0.29) is 30.1 Å². The van der Waals surface area contributed by atoms with Gasteiger partial charge in [0.05, 0.1) is 13.2 Å². The maximum atomic E-state index is 12.3. The van der Waals surface area contributed by atoms with E-state index in [2.05, 4.69) is 23.9 Å². The van der Waals surface area contributed by atoms with Crippen molar-refractivity contribution in [3.63, 3.8) is 0 Å². The summed E-state index contributed by atoms with van der Waals surface area (Å²) in [6.45, 7) is 0.954. The van der Waals surface area contributed by atoms with Crippen LogP contribution in [0.4, 0.5) is 5.82 Å². The summed E-state index contributed by atoms with van der Waals surface area (Å²) >= 11 is 0. The third-order valence-electron chi connectivity index (χ3n) is 3.67. The van der Waals surface area contributed by atoms with E-state index in [9.17, 15) is 18.0 Å². The summed E-state index contributed by atoms with van der Waals surface area (Å²) in [5, 5.41) is -0.761. The van der Waals surface area contributed by atoms with Crippen molar-refractivity contribution < 1.29 is 22.1 Å². The summed E-state index contributed by atoms with van der Waals surface area (Å²) in [5.41, 5.74) is 6.16. The molecule has 12 heteroatoms. The number of esters is 1. The summed E-state index contributed by atoms with van der Waals surface area (Å²) in [4.78, 5) is 33.7. The first kappa shape index (κ1) is 19.5. The first-order valence-corrected chi connectivity index (χ1v) is 9.57. The van der Waals surface area contributed by atoms with Gasteiger partial charge in [0, 0.05) is 0 Å². The molecule has 11 nitrogen and oxygen atoms in total. The lowest BCUT2D eigenvalue weighted by atomic mass is 10.2. The van der Waals surface area contributed by atoms with Gasteiger partial charge in [-0.2, -0.15) is 18.4 Å². The standard InChI is InChI=1S/C16H17N5O6S/c1-2-26-11(22)9-27-28(24,25)15-19-13(17)12-14(20-15)21(16(23)18-12)8-10-6-4-3-5-7-10/h3-7H,2,8-9H2,1H3,(H,18,23)(H2,17,19,20). The number of aromatic nitrogens is 4. The number of ether oxygens (including phenoxy) is 1. The molecule has 1 aromatic carbocycles. The lowest BCUT2D eigenvalue weighted by Crippen LogP contribution is -2.20. The predicted molar refractivity (Wildman–Crippen MR) is 97.9 cm³/mol. The Hall–Kier alpha value is -3.25. The zero-order valence-corrected chi connectivity index (χ0v) is 15.6. The molecule has 0 aliphatic carbocycles. The van der Waals surface area contributed by atoms with Gasteiger partial charge in [-0.15, -0.1) is 0 Å². The molecule has 3 N–H and O–H groups in total. The van der Waals surface area contributed by atoms with E-state index in [0.717, 1.165) is 5.56 Å². The van der Waals surface area contributed by atoms with Gasteiger partial charge >= 0.3 is 21.8 Å². The molecule has 0 spiro atoms. The molecule has 0 aliphatic heterocycles. The van der Waals surface area contributed by atoms with Crippen molar-refractivity contribution in [1.82, 2.24) is 19.5 Å². The van der Waals surface area contributed by atoms with Crippen LogP contribution >= 0.6 is 0 Å². The second-order valence-corrected chi connectivity index (χ2v) is 7.12. The van der Waals surface area contributed by atoms with E-state index in [4.69, 9.17) is 5.73 Å². The molecule has 0 aliphatic rings. The average molecular weight is 407 g/mol. The van der Waals surface area contributed by atoms with E-state index in [1.165, 1.54) is 4.57 Å². The first-order chi connectivity index (χ1) is 13.3. The SMILES string of the molecule is CCOC(=O)COS(=O)(=O)c1nc(N)c2[nH]c(=O)n(Cc3ccccc3)c2n1. The number of nitrogens with one attached hydrogen (secondary N) is 1. The molecule has 3 rings (SSSR count). The minimum atomic E-state index is -4.50. The molecule has 0 unspecified atom stereocenters. The lowest BCUT2D eigenvalue weighted by Gasteiger charge is -2.07. The molecule has 0 amide bonds. The molecule has 2 aromatic heterocycles. The van der Waals surface area contributed by atoms with Crippen LogP contribution in [0.2, 0.25) is 0 Å². The number of carbonyl (C=O) groups excluding carboxylic acids is 1. The van der Waals surface area contributed by atoms with Crippen molar-refractivity contribution in [3.05, 3.63) is 46.4 Å². The average Bonchev–Trinajstić information content (AvgIpc) is 2.98. The van der Waals surface area contributed by atoms with Crippen LogP contribution in [0.15, 0.2) is 40.3 Å². The minimum absolute atomic E-state index is 0.000312. The molecule has 0 fully saturated rings. The van der Waals surface area contributed by atoms with Gasteiger partial charge < -0.3 is 15.5 Å². The Balaban J connectivity index is 2.00. The van der Waals surface area contributed by atoms with E-state index in [1.54, 1.807) is 31.2 Å². The Morgan fingerprint density at radius 2 is 1.96 bits per heavy atom. The van der Waals surface area contributed by atoms with Crippen LogP contribution in [0, 0.1) is 0 Å². The second-order valence-electron chi connectivity index (χ2n) is 5.61. The molecule has 2 heterocycles.